The van der Waals surface area contributed by atoms with Crippen molar-refractivity contribution in [2.75, 3.05) is 33.4 Å². The number of nitrogens with zero attached hydrogens (tertiary/aromatic N) is 1. The molecule has 0 radical (unpaired) electrons. The van der Waals surface area contributed by atoms with Crippen LogP contribution in [0.4, 0.5) is 4.79 Å². The summed E-state index contributed by atoms with van der Waals surface area (Å²) in [6.45, 7) is 4.97. The highest BCUT2D eigenvalue weighted by Gasteiger charge is 2.38. The Bertz CT molecular complexity index is 680. The van der Waals surface area contributed by atoms with E-state index in [2.05, 4.69) is 10.6 Å². The fourth-order valence-electron chi connectivity index (χ4n) is 3.73. The van der Waals surface area contributed by atoms with Crippen molar-refractivity contribution in [3.63, 3.8) is 0 Å². The molecular weight excluding hydrogens is 358 g/mol. The lowest BCUT2D eigenvalue weighted by molar-refractivity contribution is -0.132. The number of rotatable bonds is 6. The van der Waals surface area contributed by atoms with Crippen LogP contribution >= 0.6 is 0 Å². The summed E-state index contributed by atoms with van der Waals surface area (Å²) in [5.41, 5.74) is 0.548. The van der Waals surface area contributed by atoms with Crippen LogP contribution in [0, 0.1) is 5.41 Å². The molecule has 1 atom stereocenters. The quantitative estimate of drug-likeness (QED) is 0.782. The van der Waals surface area contributed by atoms with Crippen molar-refractivity contribution in [1.82, 2.24) is 15.5 Å². The Morgan fingerprint density at radius 2 is 2.07 bits per heavy atom. The molecule has 2 N–H and O–H groups in total. The molecule has 2 fully saturated rings. The second kappa shape index (κ2) is 9.28. The molecule has 0 aliphatic carbocycles. The number of ether oxygens (including phenoxy) is 2. The van der Waals surface area contributed by atoms with Crippen LogP contribution in [0.3, 0.4) is 0 Å². The molecule has 1 aromatic carbocycles. The summed E-state index contributed by atoms with van der Waals surface area (Å²) >= 11 is 0. The first kappa shape index (κ1) is 20.5. The molecule has 2 heterocycles. The number of piperidine rings is 1. The molecule has 1 unspecified atom stereocenters. The smallest absolute Gasteiger partial charge is 0.317 e. The molecule has 154 valence electrons. The van der Waals surface area contributed by atoms with Crippen LogP contribution < -0.4 is 15.4 Å². The molecule has 0 aromatic heterocycles. The molecule has 3 rings (SSSR count). The molecule has 7 heteroatoms. The molecule has 3 amide bonds. The zero-order valence-corrected chi connectivity index (χ0v) is 16.8. The van der Waals surface area contributed by atoms with Crippen LogP contribution in [0.15, 0.2) is 24.3 Å². The third-order valence-electron chi connectivity index (χ3n) is 5.79. The largest absolute Gasteiger partial charge is 0.497 e. The van der Waals surface area contributed by atoms with E-state index in [1.807, 2.05) is 31.2 Å². The van der Waals surface area contributed by atoms with Crippen molar-refractivity contribution in [2.45, 2.75) is 45.3 Å². The zero-order chi connectivity index (χ0) is 20.0. The number of likely N-dealkylation sites (tertiary alicyclic amines) is 1. The molecule has 0 saturated carbocycles. The fourth-order valence-corrected chi connectivity index (χ4v) is 3.73. The van der Waals surface area contributed by atoms with E-state index in [1.54, 1.807) is 12.0 Å². The zero-order valence-electron chi connectivity index (χ0n) is 16.8. The maximum atomic E-state index is 12.7. The number of benzene rings is 1. The van der Waals surface area contributed by atoms with E-state index in [9.17, 15) is 9.59 Å². The molecule has 0 bridgehead atoms. The normalized spacial score (nSPS) is 21.2. The summed E-state index contributed by atoms with van der Waals surface area (Å²) in [5, 5.41) is 5.99. The van der Waals surface area contributed by atoms with Gasteiger partial charge in [0.25, 0.3) is 0 Å². The summed E-state index contributed by atoms with van der Waals surface area (Å²) in [6, 6.07) is 7.62. The van der Waals surface area contributed by atoms with E-state index in [1.165, 1.54) is 0 Å². The standard InChI is InChI=1S/C21H31N3O4/c1-21(19(25)22-14-16-5-3-6-17(13-16)27-2)8-10-24(11-9-21)20(26)23-15-18-7-4-12-28-18/h3,5-6,13,18H,4,7-12,14-15H2,1-2H3,(H,22,25)(H,23,26). The van der Waals surface area contributed by atoms with Crippen LogP contribution in [0.1, 0.15) is 38.2 Å². The first-order valence-corrected chi connectivity index (χ1v) is 10.1. The van der Waals surface area contributed by atoms with Crippen LogP contribution in [0.2, 0.25) is 0 Å². The van der Waals surface area contributed by atoms with E-state index in [0.29, 0.717) is 39.0 Å². The molecule has 2 aliphatic heterocycles. The molecule has 28 heavy (non-hydrogen) atoms. The topological polar surface area (TPSA) is 79.9 Å². The van der Waals surface area contributed by atoms with Crippen molar-refractivity contribution in [3.05, 3.63) is 29.8 Å². The summed E-state index contributed by atoms with van der Waals surface area (Å²) in [6.07, 6.45) is 3.52. The van der Waals surface area contributed by atoms with Crippen molar-refractivity contribution >= 4 is 11.9 Å². The lowest BCUT2D eigenvalue weighted by Crippen LogP contribution is -2.51. The van der Waals surface area contributed by atoms with Gasteiger partial charge in [-0.25, -0.2) is 4.79 Å². The number of urea groups is 1. The Morgan fingerprint density at radius 3 is 2.75 bits per heavy atom. The average Bonchev–Trinajstić information content (AvgIpc) is 3.24. The molecule has 2 saturated heterocycles. The van der Waals surface area contributed by atoms with Gasteiger partial charge in [-0.15, -0.1) is 0 Å². The van der Waals surface area contributed by atoms with Gasteiger partial charge in [0.2, 0.25) is 5.91 Å². The first-order chi connectivity index (χ1) is 13.5. The van der Waals surface area contributed by atoms with Gasteiger partial charge in [0, 0.05) is 38.2 Å². The van der Waals surface area contributed by atoms with Gasteiger partial charge in [-0.3, -0.25) is 4.79 Å². The second-order valence-electron chi connectivity index (χ2n) is 7.90. The Labute approximate surface area is 166 Å². The molecule has 7 nitrogen and oxygen atoms in total. The minimum Gasteiger partial charge on any atom is -0.497 e. The van der Waals surface area contributed by atoms with Gasteiger partial charge in [-0.05, 0) is 43.4 Å². The molecule has 1 aromatic rings. The third kappa shape index (κ3) is 5.16. The van der Waals surface area contributed by atoms with E-state index >= 15 is 0 Å². The van der Waals surface area contributed by atoms with Gasteiger partial charge in [0.15, 0.2) is 0 Å². The van der Waals surface area contributed by atoms with E-state index < -0.39 is 5.41 Å². The number of hydrogen-bond donors (Lipinski definition) is 2. The predicted molar refractivity (Wildman–Crippen MR) is 106 cm³/mol. The number of carbonyl (C=O) groups excluding carboxylic acids is 2. The number of carbonyl (C=O) groups is 2. The fraction of sp³-hybridized carbons (Fsp3) is 0.619. The highest BCUT2D eigenvalue weighted by Crippen LogP contribution is 2.31. The van der Waals surface area contributed by atoms with Gasteiger partial charge in [-0.1, -0.05) is 19.1 Å². The van der Waals surface area contributed by atoms with Gasteiger partial charge >= 0.3 is 6.03 Å². The molecule has 0 spiro atoms. The summed E-state index contributed by atoms with van der Waals surface area (Å²) < 4.78 is 10.8. The number of amides is 3. The van der Waals surface area contributed by atoms with Gasteiger partial charge in [0.05, 0.1) is 13.2 Å². The molecule has 2 aliphatic rings. The van der Waals surface area contributed by atoms with Crippen LogP contribution in [-0.2, 0) is 16.1 Å². The van der Waals surface area contributed by atoms with Gasteiger partial charge in [0.1, 0.15) is 5.75 Å². The second-order valence-corrected chi connectivity index (χ2v) is 7.90. The predicted octanol–water partition coefficient (Wildman–Crippen LogP) is 2.30. The Kier molecular flexibility index (Phi) is 6.78. The monoisotopic (exact) mass is 389 g/mol. The van der Waals surface area contributed by atoms with Gasteiger partial charge in [-0.2, -0.15) is 0 Å². The van der Waals surface area contributed by atoms with Gasteiger partial charge < -0.3 is 25.0 Å². The lowest BCUT2D eigenvalue weighted by atomic mass is 9.79. The SMILES string of the molecule is COc1cccc(CNC(=O)C2(C)CCN(C(=O)NCC3CCCO3)CC2)c1. The van der Waals surface area contributed by atoms with Crippen molar-refractivity contribution in [2.24, 2.45) is 5.41 Å². The Hall–Kier alpha value is -2.28. The van der Waals surface area contributed by atoms with Crippen molar-refractivity contribution in [1.29, 1.82) is 0 Å². The minimum absolute atomic E-state index is 0.0368. The first-order valence-electron chi connectivity index (χ1n) is 10.1. The average molecular weight is 389 g/mol. The molecular formula is C21H31N3O4. The maximum Gasteiger partial charge on any atom is 0.317 e. The van der Waals surface area contributed by atoms with E-state index in [-0.39, 0.29) is 18.0 Å². The van der Waals surface area contributed by atoms with Crippen LogP contribution in [0.5, 0.6) is 5.75 Å². The number of nitrogens with one attached hydrogen (secondary N) is 2. The minimum atomic E-state index is -0.454. The number of hydrogen-bond acceptors (Lipinski definition) is 4. The maximum absolute atomic E-state index is 12.7. The summed E-state index contributed by atoms with van der Waals surface area (Å²) in [5.74, 6) is 0.815. The highest BCUT2D eigenvalue weighted by molar-refractivity contribution is 5.83. The summed E-state index contributed by atoms with van der Waals surface area (Å²) in [4.78, 5) is 26.9. The lowest BCUT2D eigenvalue weighted by Gasteiger charge is -2.38. The Morgan fingerprint density at radius 1 is 1.29 bits per heavy atom. The third-order valence-corrected chi connectivity index (χ3v) is 5.79. The Balaban J connectivity index is 1.43. The van der Waals surface area contributed by atoms with E-state index in [0.717, 1.165) is 30.8 Å². The summed E-state index contributed by atoms with van der Waals surface area (Å²) in [7, 11) is 1.63. The number of methoxy groups -OCH3 is 1. The van der Waals surface area contributed by atoms with Crippen molar-refractivity contribution < 1.29 is 19.1 Å². The van der Waals surface area contributed by atoms with Crippen LogP contribution in [0.25, 0.3) is 0 Å². The van der Waals surface area contributed by atoms with Crippen molar-refractivity contribution in [3.8, 4) is 5.75 Å². The van der Waals surface area contributed by atoms with E-state index in [4.69, 9.17) is 9.47 Å². The highest BCUT2D eigenvalue weighted by atomic mass is 16.5. The van der Waals surface area contributed by atoms with Crippen LogP contribution in [-0.4, -0.2) is 56.3 Å².